The average molecular weight is 392 g/mol. The Labute approximate surface area is 165 Å². The summed E-state index contributed by atoms with van der Waals surface area (Å²) in [6.45, 7) is 7.99. The lowest BCUT2D eigenvalue weighted by atomic mass is 9.85. The highest BCUT2D eigenvalue weighted by Crippen LogP contribution is 2.39. The largest absolute Gasteiger partial charge is 0.391 e. The standard InChI is InChI=1S/C20H29N3O3S/c1-13(24)18-12-27-19(22(18)14-7-5-6-8-14)21-17-10-9-15(23(25)26)11-16(17)20(2,3)4/h9-11,13-14,18,24H,5-8,12H2,1-4H3/t13?,18-/m1/s1. The molecule has 0 bridgehead atoms. The minimum Gasteiger partial charge on any atom is -0.391 e. The first-order valence-electron chi connectivity index (χ1n) is 9.65. The number of aliphatic hydroxyl groups excluding tert-OH is 1. The fourth-order valence-electron chi connectivity index (χ4n) is 3.97. The third-order valence-corrected chi connectivity index (χ3v) is 6.52. The van der Waals surface area contributed by atoms with Gasteiger partial charge in [0.2, 0.25) is 0 Å². The van der Waals surface area contributed by atoms with Crippen LogP contribution in [0.25, 0.3) is 0 Å². The first kappa shape index (κ1) is 20.1. The summed E-state index contributed by atoms with van der Waals surface area (Å²) in [5, 5.41) is 22.4. The van der Waals surface area contributed by atoms with E-state index in [-0.39, 0.29) is 22.1 Å². The van der Waals surface area contributed by atoms with Gasteiger partial charge in [-0.15, -0.1) is 0 Å². The molecule has 1 saturated heterocycles. The van der Waals surface area contributed by atoms with Crippen molar-refractivity contribution in [2.75, 3.05) is 5.75 Å². The number of hydrogen-bond acceptors (Lipinski definition) is 5. The third kappa shape index (κ3) is 4.29. The summed E-state index contributed by atoms with van der Waals surface area (Å²) in [7, 11) is 0. The highest BCUT2D eigenvalue weighted by molar-refractivity contribution is 8.14. The maximum atomic E-state index is 11.2. The fraction of sp³-hybridized carbons (Fsp3) is 0.650. The van der Waals surface area contributed by atoms with Gasteiger partial charge in [-0.05, 0) is 36.8 Å². The van der Waals surface area contributed by atoms with E-state index in [0.717, 1.165) is 35.0 Å². The SMILES string of the molecule is CC(O)[C@H]1CSC(=Nc2ccc([N+](=O)[O-])cc2C(C)(C)C)N1C1CCCC1. The molecule has 27 heavy (non-hydrogen) atoms. The van der Waals surface area contributed by atoms with E-state index in [1.807, 2.05) is 27.7 Å². The quantitative estimate of drug-likeness (QED) is 0.598. The molecule has 1 aliphatic heterocycles. The first-order valence-corrected chi connectivity index (χ1v) is 10.6. The van der Waals surface area contributed by atoms with Crippen LogP contribution in [0.5, 0.6) is 0 Å². The van der Waals surface area contributed by atoms with E-state index in [1.165, 1.54) is 18.9 Å². The molecule has 1 aromatic rings. The van der Waals surface area contributed by atoms with Crippen LogP contribution < -0.4 is 0 Å². The smallest absolute Gasteiger partial charge is 0.269 e. The molecule has 7 heteroatoms. The summed E-state index contributed by atoms with van der Waals surface area (Å²) in [6.07, 6.45) is 4.29. The van der Waals surface area contributed by atoms with E-state index < -0.39 is 6.10 Å². The molecular weight excluding hydrogens is 362 g/mol. The van der Waals surface area contributed by atoms with Gasteiger partial charge in [-0.1, -0.05) is 45.4 Å². The zero-order chi connectivity index (χ0) is 19.8. The minimum atomic E-state index is -0.412. The number of thioether (sulfide) groups is 1. The van der Waals surface area contributed by atoms with Gasteiger partial charge in [-0.3, -0.25) is 10.1 Å². The topological polar surface area (TPSA) is 79.0 Å². The van der Waals surface area contributed by atoms with Crippen molar-refractivity contribution in [3.63, 3.8) is 0 Å². The Morgan fingerprint density at radius 3 is 2.56 bits per heavy atom. The number of benzene rings is 1. The second-order valence-electron chi connectivity index (χ2n) is 8.57. The minimum absolute atomic E-state index is 0.0768. The maximum Gasteiger partial charge on any atom is 0.269 e. The van der Waals surface area contributed by atoms with Gasteiger partial charge in [-0.2, -0.15) is 0 Å². The highest BCUT2D eigenvalue weighted by atomic mass is 32.2. The summed E-state index contributed by atoms with van der Waals surface area (Å²) in [5.74, 6) is 0.824. The summed E-state index contributed by atoms with van der Waals surface area (Å²) in [5.41, 5.74) is 1.50. The van der Waals surface area contributed by atoms with Gasteiger partial charge >= 0.3 is 0 Å². The molecule has 0 radical (unpaired) electrons. The van der Waals surface area contributed by atoms with Crippen LogP contribution in [0.15, 0.2) is 23.2 Å². The van der Waals surface area contributed by atoms with E-state index in [2.05, 4.69) is 4.90 Å². The summed E-state index contributed by atoms with van der Waals surface area (Å²) < 4.78 is 0. The Balaban J connectivity index is 2.02. The van der Waals surface area contributed by atoms with Crippen molar-refractivity contribution < 1.29 is 10.0 Å². The lowest BCUT2D eigenvalue weighted by molar-refractivity contribution is -0.384. The molecule has 2 aliphatic rings. The van der Waals surface area contributed by atoms with E-state index in [9.17, 15) is 15.2 Å². The predicted octanol–water partition coefficient (Wildman–Crippen LogP) is 4.62. The molecule has 2 fully saturated rings. The summed E-state index contributed by atoms with van der Waals surface area (Å²) in [6, 6.07) is 5.43. The van der Waals surface area contributed by atoms with Crippen LogP contribution >= 0.6 is 11.8 Å². The number of non-ortho nitro benzene ring substituents is 1. The number of rotatable bonds is 4. The Morgan fingerprint density at radius 2 is 2.00 bits per heavy atom. The molecule has 0 aromatic heterocycles. The molecule has 1 aromatic carbocycles. The molecule has 1 N–H and O–H groups in total. The zero-order valence-electron chi connectivity index (χ0n) is 16.5. The van der Waals surface area contributed by atoms with Crippen molar-refractivity contribution in [1.82, 2.24) is 4.90 Å². The van der Waals surface area contributed by atoms with Crippen LogP contribution in [0.4, 0.5) is 11.4 Å². The van der Waals surface area contributed by atoms with Crippen molar-refractivity contribution >= 4 is 28.3 Å². The molecule has 1 saturated carbocycles. The summed E-state index contributed by atoms with van der Waals surface area (Å²) >= 11 is 1.68. The van der Waals surface area contributed by atoms with Gasteiger partial charge in [-0.25, -0.2) is 4.99 Å². The monoisotopic (exact) mass is 391 g/mol. The van der Waals surface area contributed by atoms with Gasteiger partial charge in [0.25, 0.3) is 5.69 Å². The molecule has 1 heterocycles. The number of nitro groups is 1. The number of aliphatic hydroxyl groups is 1. The normalized spacial score (nSPS) is 24.0. The van der Waals surface area contributed by atoms with Crippen LogP contribution in [0.1, 0.15) is 58.9 Å². The Morgan fingerprint density at radius 1 is 1.33 bits per heavy atom. The molecular formula is C20H29N3O3S. The molecule has 2 atom stereocenters. The van der Waals surface area contributed by atoms with Crippen LogP contribution in [-0.2, 0) is 5.41 Å². The molecule has 0 amide bonds. The number of amidine groups is 1. The average Bonchev–Trinajstić information content (AvgIpc) is 3.22. The van der Waals surface area contributed by atoms with Crippen molar-refractivity contribution in [2.24, 2.45) is 4.99 Å². The Hall–Kier alpha value is -1.60. The van der Waals surface area contributed by atoms with Crippen LogP contribution in [0.3, 0.4) is 0 Å². The van der Waals surface area contributed by atoms with Gasteiger partial charge < -0.3 is 10.0 Å². The molecule has 148 valence electrons. The van der Waals surface area contributed by atoms with Crippen LogP contribution in [0.2, 0.25) is 0 Å². The van der Waals surface area contributed by atoms with Gasteiger partial charge in [0.15, 0.2) is 5.17 Å². The lowest BCUT2D eigenvalue weighted by Crippen LogP contribution is -2.46. The second-order valence-corrected chi connectivity index (χ2v) is 9.55. The Bertz CT molecular complexity index is 736. The number of nitrogens with zero attached hydrogens (tertiary/aromatic N) is 3. The number of hydrogen-bond donors (Lipinski definition) is 1. The van der Waals surface area contributed by atoms with Crippen molar-refractivity contribution in [2.45, 2.75) is 77.0 Å². The van der Waals surface area contributed by atoms with Gasteiger partial charge in [0.05, 0.1) is 22.8 Å². The maximum absolute atomic E-state index is 11.2. The van der Waals surface area contributed by atoms with Gasteiger partial charge in [0, 0.05) is 23.9 Å². The second kappa shape index (κ2) is 7.80. The number of nitro benzene ring substituents is 1. The van der Waals surface area contributed by atoms with Gasteiger partial charge in [0.1, 0.15) is 0 Å². The van der Waals surface area contributed by atoms with Crippen molar-refractivity contribution in [1.29, 1.82) is 0 Å². The van der Waals surface area contributed by atoms with E-state index in [1.54, 1.807) is 23.9 Å². The zero-order valence-corrected chi connectivity index (χ0v) is 17.3. The van der Waals surface area contributed by atoms with E-state index in [4.69, 9.17) is 4.99 Å². The molecule has 0 spiro atoms. The fourth-order valence-corrected chi connectivity index (χ4v) is 5.32. The van der Waals surface area contributed by atoms with Crippen LogP contribution in [-0.4, -0.2) is 44.0 Å². The van der Waals surface area contributed by atoms with E-state index >= 15 is 0 Å². The Kier molecular flexibility index (Phi) is 5.82. The first-order chi connectivity index (χ1) is 12.7. The number of aliphatic imine (C=N–C) groups is 1. The predicted molar refractivity (Wildman–Crippen MR) is 111 cm³/mol. The highest BCUT2D eigenvalue weighted by Gasteiger charge is 2.39. The third-order valence-electron chi connectivity index (χ3n) is 5.45. The van der Waals surface area contributed by atoms with E-state index in [0.29, 0.717) is 6.04 Å². The van der Waals surface area contributed by atoms with Crippen LogP contribution in [0, 0.1) is 10.1 Å². The lowest BCUT2D eigenvalue weighted by Gasteiger charge is -2.33. The van der Waals surface area contributed by atoms with Crippen molar-refractivity contribution in [3.8, 4) is 0 Å². The molecule has 3 rings (SSSR count). The van der Waals surface area contributed by atoms with Crippen molar-refractivity contribution in [3.05, 3.63) is 33.9 Å². The molecule has 1 unspecified atom stereocenters. The summed E-state index contributed by atoms with van der Waals surface area (Å²) in [4.78, 5) is 18.1. The molecule has 1 aliphatic carbocycles. The molecule has 6 nitrogen and oxygen atoms in total.